The first kappa shape index (κ1) is 18.7. The molecule has 8 heteroatoms. The van der Waals surface area contributed by atoms with E-state index in [-0.39, 0.29) is 11.7 Å². The van der Waals surface area contributed by atoms with Crippen molar-refractivity contribution in [2.24, 2.45) is 0 Å². The SMILES string of the molecule is CN(C)[C@H](CNc1ccc(C(F)(F)F)cc1[N+](=O)[O-])c1ccccc1. The third-order valence-corrected chi connectivity index (χ3v) is 3.82. The molecule has 0 aliphatic carbocycles. The van der Waals surface area contributed by atoms with Crippen LogP contribution in [0.2, 0.25) is 0 Å². The number of anilines is 1. The number of hydrogen-bond acceptors (Lipinski definition) is 4. The monoisotopic (exact) mass is 353 g/mol. The van der Waals surface area contributed by atoms with Crippen LogP contribution in [-0.4, -0.2) is 30.5 Å². The predicted octanol–water partition coefficient (Wildman–Crippen LogP) is 4.33. The van der Waals surface area contributed by atoms with Crippen LogP contribution in [0.3, 0.4) is 0 Å². The fourth-order valence-electron chi connectivity index (χ4n) is 2.49. The predicted molar refractivity (Wildman–Crippen MR) is 89.5 cm³/mol. The molecule has 1 N–H and O–H groups in total. The van der Waals surface area contributed by atoms with Crippen LogP contribution in [0.1, 0.15) is 17.2 Å². The summed E-state index contributed by atoms with van der Waals surface area (Å²) in [6, 6.07) is 11.9. The standard InChI is InChI=1S/C17H18F3N3O2/c1-22(2)16(12-6-4-3-5-7-12)11-21-14-9-8-13(17(18,19)20)10-15(14)23(24)25/h3-10,16,21H,11H2,1-2H3/t16-/m1/s1. The Bertz CT molecular complexity index is 734. The molecule has 0 aliphatic rings. The van der Waals surface area contributed by atoms with Gasteiger partial charge in [-0.15, -0.1) is 0 Å². The number of alkyl halides is 3. The van der Waals surface area contributed by atoms with Gasteiger partial charge in [-0.1, -0.05) is 30.3 Å². The zero-order chi connectivity index (χ0) is 18.6. The zero-order valence-electron chi connectivity index (χ0n) is 13.7. The van der Waals surface area contributed by atoms with E-state index in [1.807, 2.05) is 49.3 Å². The molecule has 0 saturated heterocycles. The van der Waals surface area contributed by atoms with E-state index in [0.717, 1.165) is 17.7 Å². The molecule has 0 radical (unpaired) electrons. The molecule has 5 nitrogen and oxygen atoms in total. The van der Waals surface area contributed by atoms with Crippen LogP contribution in [-0.2, 0) is 6.18 Å². The molecule has 1 atom stereocenters. The van der Waals surface area contributed by atoms with Gasteiger partial charge < -0.3 is 10.2 Å². The highest BCUT2D eigenvalue weighted by molar-refractivity contribution is 5.63. The molecule has 0 amide bonds. The van der Waals surface area contributed by atoms with Crippen LogP contribution in [0.5, 0.6) is 0 Å². The quantitative estimate of drug-likeness (QED) is 0.620. The van der Waals surface area contributed by atoms with E-state index in [9.17, 15) is 23.3 Å². The fraction of sp³-hybridized carbons (Fsp3) is 0.294. The zero-order valence-corrected chi connectivity index (χ0v) is 13.7. The molecule has 0 heterocycles. The second-order valence-electron chi connectivity index (χ2n) is 5.76. The summed E-state index contributed by atoms with van der Waals surface area (Å²) in [6.07, 6.45) is -4.63. The molecule has 134 valence electrons. The summed E-state index contributed by atoms with van der Waals surface area (Å²) in [6.45, 7) is 0.309. The van der Waals surface area contributed by atoms with E-state index >= 15 is 0 Å². The lowest BCUT2D eigenvalue weighted by Crippen LogP contribution is -2.27. The van der Waals surface area contributed by atoms with E-state index in [1.54, 1.807) is 0 Å². The Morgan fingerprint density at radius 1 is 1.16 bits per heavy atom. The Hall–Kier alpha value is -2.61. The highest BCUT2D eigenvalue weighted by Crippen LogP contribution is 2.35. The lowest BCUT2D eigenvalue weighted by molar-refractivity contribution is -0.384. The van der Waals surface area contributed by atoms with E-state index in [1.165, 1.54) is 0 Å². The van der Waals surface area contributed by atoms with Gasteiger partial charge in [-0.3, -0.25) is 10.1 Å². The minimum absolute atomic E-state index is 0.0563. The highest BCUT2D eigenvalue weighted by Gasteiger charge is 2.33. The maximum Gasteiger partial charge on any atom is 0.416 e. The molecular formula is C17H18F3N3O2. The summed E-state index contributed by atoms with van der Waals surface area (Å²) in [5, 5.41) is 14.0. The van der Waals surface area contributed by atoms with Gasteiger partial charge in [0.1, 0.15) is 5.69 Å². The summed E-state index contributed by atoms with van der Waals surface area (Å²) < 4.78 is 38.3. The van der Waals surface area contributed by atoms with Crippen molar-refractivity contribution in [3.05, 3.63) is 69.8 Å². The van der Waals surface area contributed by atoms with Gasteiger partial charge >= 0.3 is 6.18 Å². The van der Waals surface area contributed by atoms with E-state index in [4.69, 9.17) is 0 Å². The summed E-state index contributed by atoms with van der Waals surface area (Å²) in [7, 11) is 3.72. The lowest BCUT2D eigenvalue weighted by atomic mass is 10.1. The van der Waals surface area contributed by atoms with Gasteiger partial charge in [-0.25, -0.2) is 0 Å². The van der Waals surface area contributed by atoms with Crippen molar-refractivity contribution in [3.63, 3.8) is 0 Å². The number of hydrogen-bond donors (Lipinski definition) is 1. The molecule has 0 saturated carbocycles. The molecule has 2 aromatic rings. The number of rotatable bonds is 6. The average molecular weight is 353 g/mol. The average Bonchev–Trinajstić information content (AvgIpc) is 2.54. The van der Waals surface area contributed by atoms with Gasteiger partial charge in [0.05, 0.1) is 16.5 Å². The second kappa shape index (κ2) is 7.52. The smallest absolute Gasteiger partial charge is 0.378 e. The van der Waals surface area contributed by atoms with Crippen molar-refractivity contribution in [3.8, 4) is 0 Å². The van der Waals surface area contributed by atoms with Gasteiger partial charge in [0.25, 0.3) is 5.69 Å². The molecule has 25 heavy (non-hydrogen) atoms. The van der Waals surface area contributed by atoms with Crippen LogP contribution in [0.15, 0.2) is 48.5 Å². The molecule has 0 bridgehead atoms. The second-order valence-corrected chi connectivity index (χ2v) is 5.76. The van der Waals surface area contributed by atoms with Crippen LogP contribution >= 0.6 is 0 Å². The van der Waals surface area contributed by atoms with Gasteiger partial charge in [0, 0.05) is 12.6 Å². The van der Waals surface area contributed by atoms with Crippen LogP contribution < -0.4 is 5.32 Å². The van der Waals surface area contributed by atoms with E-state index in [0.29, 0.717) is 12.6 Å². The van der Waals surface area contributed by atoms with Crippen molar-refractivity contribution in [2.45, 2.75) is 12.2 Å². The Morgan fingerprint density at radius 3 is 2.32 bits per heavy atom. The summed E-state index contributed by atoms with van der Waals surface area (Å²) in [5.41, 5.74) is -0.590. The third-order valence-electron chi connectivity index (χ3n) is 3.82. The van der Waals surface area contributed by atoms with Crippen molar-refractivity contribution in [2.75, 3.05) is 26.0 Å². The molecule has 0 fully saturated rings. The fourth-order valence-corrected chi connectivity index (χ4v) is 2.49. The topological polar surface area (TPSA) is 58.4 Å². The molecule has 0 aliphatic heterocycles. The molecule has 0 unspecified atom stereocenters. The molecule has 0 spiro atoms. The van der Waals surface area contributed by atoms with Gasteiger partial charge in [0.15, 0.2) is 0 Å². The van der Waals surface area contributed by atoms with E-state index < -0.39 is 22.4 Å². The number of nitro groups is 1. The van der Waals surface area contributed by atoms with Crippen molar-refractivity contribution >= 4 is 11.4 Å². The van der Waals surface area contributed by atoms with Crippen LogP contribution in [0.4, 0.5) is 24.5 Å². The van der Waals surface area contributed by atoms with Crippen molar-refractivity contribution in [1.82, 2.24) is 4.90 Å². The van der Waals surface area contributed by atoms with Crippen molar-refractivity contribution < 1.29 is 18.1 Å². The Labute approximate surface area is 143 Å². The Morgan fingerprint density at radius 2 is 1.80 bits per heavy atom. The molecule has 2 rings (SSSR count). The number of nitrogens with one attached hydrogen (secondary N) is 1. The van der Waals surface area contributed by atoms with Gasteiger partial charge in [0.2, 0.25) is 0 Å². The first-order chi connectivity index (χ1) is 11.7. The van der Waals surface area contributed by atoms with Crippen LogP contribution in [0, 0.1) is 10.1 Å². The van der Waals surface area contributed by atoms with Crippen molar-refractivity contribution in [1.29, 1.82) is 0 Å². The normalized spacial score (nSPS) is 12.9. The molecule has 2 aromatic carbocycles. The summed E-state index contributed by atoms with van der Waals surface area (Å²) in [5.74, 6) is 0. The maximum absolute atomic E-state index is 12.8. The minimum atomic E-state index is -4.63. The lowest BCUT2D eigenvalue weighted by Gasteiger charge is -2.25. The highest BCUT2D eigenvalue weighted by atomic mass is 19.4. The van der Waals surface area contributed by atoms with Crippen LogP contribution in [0.25, 0.3) is 0 Å². The van der Waals surface area contributed by atoms with Gasteiger partial charge in [-0.05, 0) is 31.8 Å². The number of nitro benzene ring substituents is 1. The number of benzene rings is 2. The first-order valence-corrected chi connectivity index (χ1v) is 7.51. The Kier molecular flexibility index (Phi) is 5.63. The number of nitrogens with zero attached hydrogens (tertiary/aromatic N) is 2. The maximum atomic E-state index is 12.8. The third kappa shape index (κ3) is 4.69. The van der Waals surface area contributed by atoms with Gasteiger partial charge in [-0.2, -0.15) is 13.2 Å². The number of likely N-dealkylation sites (N-methyl/N-ethyl adjacent to an activating group) is 1. The largest absolute Gasteiger partial charge is 0.416 e. The Balaban J connectivity index is 2.25. The summed E-state index contributed by atoms with van der Waals surface area (Å²) >= 11 is 0. The number of halogens is 3. The molecular weight excluding hydrogens is 335 g/mol. The first-order valence-electron chi connectivity index (χ1n) is 7.51. The summed E-state index contributed by atoms with van der Waals surface area (Å²) in [4.78, 5) is 12.3. The van der Waals surface area contributed by atoms with E-state index in [2.05, 4.69) is 5.32 Å². The molecule has 0 aromatic heterocycles. The minimum Gasteiger partial charge on any atom is -0.378 e.